The fraction of sp³-hybridized carbons (Fsp3) is 0.389. The van der Waals surface area contributed by atoms with Gasteiger partial charge in [-0.25, -0.2) is 4.79 Å². The molecule has 1 aromatic carbocycles. The number of ether oxygens (including phenoxy) is 1. The summed E-state index contributed by atoms with van der Waals surface area (Å²) < 4.78 is 5.09. The van der Waals surface area contributed by atoms with E-state index in [0.717, 1.165) is 24.5 Å². The first-order valence-electron chi connectivity index (χ1n) is 8.75. The molecule has 1 saturated heterocycles. The Balaban J connectivity index is 1.39. The third kappa shape index (κ3) is 4.98. The van der Waals surface area contributed by atoms with Gasteiger partial charge in [0.2, 0.25) is 0 Å². The van der Waals surface area contributed by atoms with Gasteiger partial charge >= 0.3 is 6.03 Å². The molecule has 1 aliphatic rings. The van der Waals surface area contributed by atoms with Crippen molar-refractivity contribution in [2.75, 3.05) is 48.8 Å². The van der Waals surface area contributed by atoms with E-state index in [1.807, 2.05) is 6.07 Å². The quantitative estimate of drug-likeness (QED) is 0.660. The van der Waals surface area contributed by atoms with Crippen LogP contribution >= 0.6 is 0 Å². The van der Waals surface area contributed by atoms with Gasteiger partial charge in [0.25, 0.3) is 0 Å². The number of nitrogens with one attached hydrogen (secondary N) is 3. The van der Waals surface area contributed by atoms with Crippen LogP contribution in [0.4, 0.5) is 22.0 Å². The SMILES string of the molecule is COc1ccc(NC(=O)NCCNc2cc(N3CCCC3)cnn2)cc1. The number of urea groups is 1. The van der Waals surface area contributed by atoms with Crippen molar-refractivity contribution >= 4 is 23.2 Å². The second-order valence-corrected chi connectivity index (χ2v) is 6.03. The van der Waals surface area contributed by atoms with Crippen LogP contribution < -0.4 is 25.6 Å². The number of methoxy groups -OCH3 is 1. The fourth-order valence-corrected chi connectivity index (χ4v) is 2.81. The van der Waals surface area contributed by atoms with Crippen LogP contribution in [0.2, 0.25) is 0 Å². The van der Waals surface area contributed by atoms with E-state index in [1.54, 1.807) is 37.6 Å². The summed E-state index contributed by atoms with van der Waals surface area (Å²) in [6, 6.07) is 8.91. The number of hydrogen-bond acceptors (Lipinski definition) is 6. The molecule has 0 saturated carbocycles. The molecule has 3 N–H and O–H groups in total. The van der Waals surface area contributed by atoms with Crippen LogP contribution in [-0.4, -0.2) is 49.5 Å². The van der Waals surface area contributed by atoms with Crippen molar-refractivity contribution in [3.05, 3.63) is 36.5 Å². The van der Waals surface area contributed by atoms with E-state index >= 15 is 0 Å². The summed E-state index contributed by atoms with van der Waals surface area (Å²) in [6.45, 7) is 3.17. The second-order valence-electron chi connectivity index (χ2n) is 6.03. The van der Waals surface area contributed by atoms with Gasteiger partial charge in [-0.1, -0.05) is 0 Å². The van der Waals surface area contributed by atoms with Crippen LogP contribution in [0.5, 0.6) is 5.75 Å². The summed E-state index contributed by atoms with van der Waals surface area (Å²) >= 11 is 0. The summed E-state index contributed by atoms with van der Waals surface area (Å²) in [5.74, 6) is 1.46. The Labute approximate surface area is 152 Å². The normalized spacial score (nSPS) is 13.3. The van der Waals surface area contributed by atoms with Crippen molar-refractivity contribution in [1.82, 2.24) is 15.5 Å². The van der Waals surface area contributed by atoms with Gasteiger partial charge in [-0.05, 0) is 37.1 Å². The zero-order valence-corrected chi connectivity index (χ0v) is 14.9. The molecule has 2 heterocycles. The lowest BCUT2D eigenvalue weighted by molar-refractivity contribution is 0.252. The van der Waals surface area contributed by atoms with Crippen molar-refractivity contribution in [1.29, 1.82) is 0 Å². The molecule has 1 aliphatic heterocycles. The standard InChI is InChI=1S/C18H24N6O2/c1-26-16-6-4-14(5-7-16)22-18(25)20-9-8-19-17-12-15(13-21-23-17)24-10-2-3-11-24/h4-7,12-13H,2-3,8-11H2,1H3,(H,19,23)(H2,20,22,25). The van der Waals surface area contributed by atoms with Crippen molar-refractivity contribution in [3.63, 3.8) is 0 Å². The lowest BCUT2D eigenvalue weighted by Crippen LogP contribution is -2.32. The number of anilines is 3. The molecule has 1 fully saturated rings. The van der Waals surface area contributed by atoms with E-state index < -0.39 is 0 Å². The van der Waals surface area contributed by atoms with Crippen LogP contribution in [0.15, 0.2) is 36.5 Å². The number of nitrogens with zero attached hydrogens (tertiary/aromatic N) is 3. The first kappa shape index (κ1) is 17.8. The number of hydrogen-bond donors (Lipinski definition) is 3. The van der Waals surface area contributed by atoms with Crippen molar-refractivity contribution < 1.29 is 9.53 Å². The van der Waals surface area contributed by atoms with E-state index in [0.29, 0.717) is 24.6 Å². The van der Waals surface area contributed by atoms with Crippen molar-refractivity contribution in [3.8, 4) is 5.75 Å². The minimum atomic E-state index is -0.256. The predicted molar refractivity (Wildman–Crippen MR) is 102 cm³/mol. The summed E-state index contributed by atoms with van der Waals surface area (Å²) in [5, 5.41) is 16.9. The molecule has 0 aliphatic carbocycles. The summed E-state index contributed by atoms with van der Waals surface area (Å²) in [6.07, 6.45) is 4.23. The van der Waals surface area contributed by atoms with Crippen LogP contribution in [0.25, 0.3) is 0 Å². The van der Waals surface area contributed by atoms with Gasteiger partial charge in [0.05, 0.1) is 19.0 Å². The van der Waals surface area contributed by atoms with Crippen LogP contribution in [0.1, 0.15) is 12.8 Å². The molecule has 2 aromatic rings. The lowest BCUT2D eigenvalue weighted by Gasteiger charge is -2.17. The maximum absolute atomic E-state index is 11.9. The summed E-state index contributed by atoms with van der Waals surface area (Å²) in [4.78, 5) is 14.2. The molecule has 8 heteroatoms. The van der Waals surface area contributed by atoms with Crippen LogP contribution in [0, 0.1) is 0 Å². The molecule has 0 atom stereocenters. The van der Waals surface area contributed by atoms with E-state index in [1.165, 1.54) is 12.8 Å². The van der Waals surface area contributed by atoms with Gasteiger partial charge in [0.15, 0.2) is 5.82 Å². The van der Waals surface area contributed by atoms with Crippen LogP contribution in [0.3, 0.4) is 0 Å². The highest BCUT2D eigenvalue weighted by Gasteiger charge is 2.13. The number of aromatic nitrogens is 2. The van der Waals surface area contributed by atoms with E-state index in [-0.39, 0.29) is 6.03 Å². The maximum atomic E-state index is 11.9. The van der Waals surface area contributed by atoms with E-state index in [4.69, 9.17) is 4.74 Å². The highest BCUT2D eigenvalue weighted by molar-refractivity contribution is 5.89. The maximum Gasteiger partial charge on any atom is 0.319 e. The minimum absolute atomic E-state index is 0.256. The highest BCUT2D eigenvalue weighted by Crippen LogP contribution is 2.20. The smallest absolute Gasteiger partial charge is 0.319 e. The Hall–Kier alpha value is -3.03. The fourth-order valence-electron chi connectivity index (χ4n) is 2.81. The second kappa shape index (κ2) is 8.89. The van der Waals surface area contributed by atoms with Crippen molar-refractivity contribution in [2.45, 2.75) is 12.8 Å². The molecule has 0 unspecified atom stereocenters. The Morgan fingerprint density at radius 2 is 1.96 bits per heavy atom. The van der Waals surface area contributed by atoms with Gasteiger partial charge < -0.3 is 25.6 Å². The molecule has 0 spiro atoms. The molecular weight excluding hydrogens is 332 g/mol. The molecule has 26 heavy (non-hydrogen) atoms. The lowest BCUT2D eigenvalue weighted by atomic mass is 10.3. The first-order chi connectivity index (χ1) is 12.7. The van der Waals surface area contributed by atoms with Gasteiger partial charge in [0.1, 0.15) is 5.75 Å². The average molecular weight is 356 g/mol. The van der Waals surface area contributed by atoms with Gasteiger partial charge in [-0.15, -0.1) is 5.10 Å². The third-order valence-electron chi connectivity index (χ3n) is 4.18. The Morgan fingerprint density at radius 3 is 2.69 bits per heavy atom. The molecular formula is C18H24N6O2. The molecule has 0 bridgehead atoms. The largest absolute Gasteiger partial charge is 0.497 e. The topological polar surface area (TPSA) is 91.4 Å². The number of amides is 2. The predicted octanol–water partition coefficient (Wildman–Crippen LogP) is 2.32. The number of carbonyl (C=O) groups excluding carboxylic acids is 1. The highest BCUT2D eigenvalue weighted by atomic mass is 16.5. The summed E-state index contributed by atoms with van der Waals surface area (Å²) in [5.41, 5.74) is 1.80. The minimum Gasteiger partial charge on any atom is -0.497 e. The molecule has 1 aromatic heterocycles. The van der Waals surface area contributed by atoms with E-state index in [2.05, 4.69) is 31.0 Å². The number of rotatable bonds is 7. The molecule has 138 valence electrons. The van der Waals surface area contributed by atoms with Crippen molar-refractivity contribution in [2.24, 2.45) is 0 Å². The van der Waals surface area contributed by atoms with E-state index in [9.17, 15) is 4.79 Å². The molecule has 8 nitrogen and oxygen atoms in total. The van der Waals surface area contributed by atoms with Crippen LogP contribution in [-0.2, 0) is 0 Å². The monoisotopic (exact) mass is 356 g/mol. The zero-order chi connectivity index (χ0) is 18.2. The Morgan fingerprint density at radius 1 is 1.19 bits per heavy atom. The number of benzene rings is 1. The summed E-state index contributed by atoms with van der Waals surface area (Å²) in [7, 11) is 1.60. The van der Waals surface area contributed by atoms with Gasteiger partial charge in [0, 0.05) is 37.9 Å². The molecule has 3 rings (SSSR count). The number of carbonyl (C=O) groups is 1. The zero-order valence-electron chi connectivity index (χ0n) is 14.9. The van der Waals surface area contributed by atoms with Gasteiger partial charge in [-0.2, -0.15) is 5.10 Å². The Bertz CT molecular complexity index is 716. The molecule has 0 radical (unpaired) electrons. The average Bonchev–Trinajstić information content (AvgIpc) is 3.21. The molecule has 2 amide bonds. The Kier molecular flexibility index (Phi) is 6.08. The van der Waals surface area contributed by atoms with Gasteiger partial charge in [-0.3, -0.25) is 0 Å². The third-order valence-corrected chi connectivity index (χ3v) is 4.18. The first-order valence-corrected chi connectivity index (χ1v) is 8.75.